The third-order valence-electron chi connectivity index (χ3n) is 16.2. The van der Waals surface area contributed by atoms with Gasteiger partial charge >= 0.3 is 5.97 Å². The molecule has 6 aliphatic rings. The van der Waals surface area contributed by atoms with E-state index in [1.54, 1.807) is 6.92 Å². The molecule has 6 rings (SSSR count). The van der Waals surface area contributed by atoms with E-state index in [2.05, 4.69) is 6.92 Å². The van der Waals surface area contributed by atoms with E-state index in [0.717, 1.165) is 12.8 Å². The third kappa shape index (κ3) is 9.36. The lowest BCUT2D eigenvalue weighted by Crippen LogP contribution is -2.57. The van der Waals surface area contributed by atoms with Gasteiger partial charge in [0.15, 0.2) is 17.4 Å². The van der Waals surface area contributed by atoms with E-state index in [9.17, 15) is 35.4 Å². The number of ether oxygens (including phenoxy) is 6. The van der Waals surface area contributed by atoms with Crippen molar-refractivity contribution in [2.45, 2.75) is 242 Å². The number of carboxylic acid groups (broad SMARTS) is 1. The molecule has 0 unspecified atom stereocenters. The molecule has 13 heteroatoms. The van der Waals surface area contributed by atoms with Crippen LogP contribution in [0.5, 0.6) is 0 Å². The summed E-state index contributed by atoms with van der Waals surface area (Å²) < 4.78 is 38.8. The van der Waals surface area contributed by atoms with E-state index in [-0.39, 0.29) is 54.5 Å². The van der Waals surface area contributed by atoms with Gasteiger partial charge in [-0.2, -0.15) is 0 Å². The quantitative estimate of drug-likeness (QED) is 0.130. The van der Waals surface area contributed by atoms with Crippen molar-refractivity contribution in [2.75, 3.05) is 0 Å². The highest BCUT2D eigenvalue weighted by molar-refractivity contribution is 5.70. The molecule has 6 aliphatic heterocycles. The Bertz CT molecular complexity index is 1400. The van der Waals surface area contributed by atoms with E-state index in [0.29, 0.717) is 77.0 Å². The Balaban J connectivity index is 1.05. The van der Waals surface area contributed by atoms with Crippen molar-refractivity contribution in [1.82, 2.24) is 0 Å². The molecule has 13 nitrogen and oxygen atoms in total. The summed E-state index contributed by atoms with van der Waals surface area (Å²) in [7, 11) is 0. The summed E-state index contributed by atoms with van der Waals surface area (Å²) in [6.07, 6.45) is 5.15. The molecule has 0 aromatic carbocycles. The van der Waals surface area contributed by atoms with Gasteiger partial charge in [-0.15, -0.1) is 0 Å². The molecule has 0 bridgehead atoms. The highest BCUT2D eigenvalue weighted by Gasteiger charge is 2.61. The molecule has 6 heterocycles. The van der Waals surface area contributed by atoms with Crippen LogP contribution in [0, 0.1) is 35.5 Å². The Morgan fingerprint density at radius 3 is 2.14 bits per heavy atom. The topological polar surface area (TPSA) is 194 Å². The fourth-order valence-electron chi connectivity index (χ4n) is 11.3. The minimum atomic E-state index is -1.53. The zero-order valence-corrected chi connectivity index (χ0v) is 36.8. The number of aliphatic carboxylic acids is 1. The third-order valence-corrected chi connectivity index (χ3v) is 16.2. The van der Waals surface area contributed by atoms with Gasteiger partial charge in [0, 0.05) is 37.0 Å². The SMILES string of the molecule is CC[C@@H]1O[C@@H]([C@@H]2CC[C@](O)([C@]3(C)CC[C@@H]([C@@H](C)[C@@]4(O)CC[C@H](C)[C@@H](C[C@@]5(O)O[C@@H]([C@@H](C)[C@H](O)C[C@H]6CC[C@H](C)[C@@H]([C@@H](C)C(=O)O)O6)CC[C@@H]5C)O4)O3)O2)CC[C@@]1(C)O. The molecule has 336 valence electrons. The summed E-state index contributed by atoms with van der Waals surface area (Å²) in [5, 5.41) is 68.2. The summed E-state index contributed by atoms with van der Waals surface area (Å²) in [4.78, 5) is 11.7. The Labute approximate surface area is 346 Å². The van der Waals surface area contributed by atoms with Crippen molar-refractivity contribution in [3.05, 3.63) is 0 Å². The first-order valence-electron chi connectivity index (χ1n) is 22.9. The molecule has 0 aromatic heterocycles. The van der Waals surface area contributed by atoms with Crippen molar-refractivity contribution in [2.24, 2.45) is 35.5 Å². The van der Waals surface area contributed by atoms with Crippen LogP contribution in [-0.2, 0) is 33.2 Å². The van der Waals surface area contributed by atoms with Crippen LogP contribution in [0.2, 0.25) is 0 Å². The van der Waals surface area contributed by atoms with E-state index in [1.165, 1.54) is 0 Å². The standard InChI is InChI=1S/C45H78O13/c1-10-38-41(8,49)19-16-35(54-38)36-18-22-45(52,58-36)42(9)20-17-34(55-42)30(7)43(50)21-15-25(2)37(57-43)24-44(51)27(4)12-14-33(56-44)28(5)32(46)23-31-13-11-26(3)39(53-31)29(6)40(47)48/h25-39,46,49-52H,10-24H2,1-9H3,(H,47,48)/t25-,26-,27-,28-,29+,30+,31+,32+,33+,34-,35+,36-,37+,38-,39-,41+,42-,43+,44+,45+/m0/s1. The molecular weight excluding hydrogens is 748 g/mol. The molecule has 0 saturated carbocycles. The van der Waals surface area contributed by atoms with Gasteiger partial charge in [0.25, 0.3) is 0 Å². The lowest BCUT2D eigenvalue weighted by molar-refractivity contribution is -0.347. The van der Waals surface area contributed by atoms with Gasteiger partial charge in [0.2, 0.25) is 0 Å². The molecule has 0 aromatic rings. The predicted molar refractivity (Wildman–Crippen MR) is 214 cm³/mol. The number of aliphatic hydroxyl groups is 5. The van der Waals surface area contributed by atoms with Gasteiger partial charge in [-0.05, 0) is 110 Å². The maximum absolute atomic E-state index is 12.2. The summed E-state index contributed by atoms with van der Waals surface area (Å²) in [5.41, 5.74) is -1.88. The molecule has 6 fully saturated rings. The molecule has 6 N–H and O–H groups in total. The van der Waals surface area contributed by atoms with Crippen molar-refractivity contribution in [3.8, 4) is 0 Å². The van der Waals surface area contributed by atoms with Crippen molar-refractivity contribution < 1.29 is 63.9 Å². The summed E-state index contributed by atoms with van der Waals surface area (Å²) in [6.45, 7) is 17.3. The first-order valence-corrected chi connectivity index (χ1v) is 22.9. The Morgan fingerprint density at radius 1 is 0.741 bits per heavy atom. The fraction of sp³-hybridized carbons (Fsp3) is 0.978. The van der Waals surface area contributed by atoms with E-state index >= 15 is 0 Å². The largest absolute Gasteiger partial charge is 0.481 e. The number of carbonyl (C=O) groups is 1. The summed E-state index contributed by atoms with van der Waals surface area (Å²) >= 11 is 0. The van der Waals surface area contributed by atoms with Crippen molar-refractivity contribution in [1.29, 1.82) is 0 Å². The van der Waals surface area contributed by atoms with Gasteiger partial charge in [-0.25, -0.2) is 0 Å². The number of hydrogen-bond donors (Lipinski definition) is 6. The molecule has 20 atom stereocenters. The monoisotopic (exact) mass is 827 g/mol. The second kappa shape index (κ2) is 17.7. The van der Waals surface area contributed by atoms with E-state index < -0.39 is 76.9 Å². The zero-order chi connectivity index (χ0) is 42.6. The minimum Gasteiger partial charge on any atom is -0.481 e. The van der Waals surface area contributed by atoms with Gasteiger partial charge in [-0.1, -0.05) is 41.5 Å². The summed E-state index contributed by atoms with van der Waals surface area (Å²) in [6, 6.07) is 0. The second-order valence-corrected chi connectivity index (χ2v) is 20.4. The van der Waals surface area contributed by atoms with E-state index in [4.69, 9.17) is 28.4 Å². The number of carboxylic acids is 1. The average molecular weight is 827 g/mol. The average Bonchev–Trinajstić information content (AvgIpc) is 3.79. The highest BCUT2D eigenvalue weighted by atomic mass is 16.7. The Kier molecular flexibility index (Phi) is 14.2. The van der Waals surface area contributed by atoms with Crippen molar-refractivity contribution >= 4 is 5.97 Å². The Hall–Kier alpha value is -0.970. The van der Waals surface area contributed by atoms with Gasteiger partial charge in [0.1, 0.15) is 5.60 Å². The highest BCUT2D eigenvalue weighted by Crippen LogP contribution is 2.52. The minimum absolute atomic E-state index is 0.0416. The van der Waals surface area contributed by atoms with Crippen LogP contribution in [0.25, 0.3) is 0 Å². The first-order chi connectivity index (χ1) is 27.0. The van der Waals surface area contributed by atoms with Gasteiger partial charge < -0.3 is 59.1 Å². The number of hydrogen-bond acceptors (Lipinski definition) is 12. The maximum atomic E-state index is 12.2. The maximum Gasteiger partial charge on any atom is 0.308 e. The molecule has 0 aliphatic carbocycles. The molecule has 0 amide bonds. The van der Waals surface area contributed by atoms with Crippen LogP contribution in [0.15, 0.2) is 0 Å². The Morgan fingerprint density at radius 2 is 1.45 bits per heavy atom. The first kappa shape index (κ1) is 46.5. The van der Waals surface area contributed by atoms with E-state index in [1.807, 2.05) is 48.5 Å². The molecular formula is C45H78O13. The van der Waals surface area contributed by atoms with Gasteiger partial charge in [-0.3, -0.25) is 4.79 Å². The smallest absolute Gasteiger partial charge is 0.308 e. The van der Waals surface area contributed by atoms with Crippen LogP contribution >= 0.6 is 0 Å². The van der Waals surface area contributed by atoms with Crippen molar-refractivity contribution in [3.63, 3.8) is 0 Å². The summed E-state index contributed by atoms with van der Waals surface area (Å²) in [5.74, 6) is -6.88. The molecule has 0 radical (unpaired) electrons. The van der Waals surface area contributed by atoms with Crippen LogP contribution < -0.4 is 0 Å². The van der Waals surface area contributed by atoms with Crippen LogP contribution in [-0.4, -0.2) is 120 Å². The second-order valence-electron chi connectivity index (χ2n) is 20.4. The normalized spacial score (nSPS) is 49.9. The number of rotatable bonds is 13. The van der Waals surface area contributed by atoms with Gasteiger partial charge in [0.05, 0.1) is 66.5 Å². The molecule has 58 heavy (non-hydrogen) atoms. The lowest BCUT2D eigenvalue weighted by Gasteiger charge is -2.50. The predicted octanol–water partition coefficient (Wildman–Crippen LogP) is 5.83. The lowest BCUT2D eigenvalue weighted by atomic mass is 9.78. The fourth-order valence-corrected chi connectivity index (χ4v) is 11.3. The molecule has 0 spiro atoms. The van der Waals surface area contributed by atoms with Crippen LogP contribution in [0.4, 0.5) is 0 Å². The molecule has 6 saturated heterocycles. The van der Waals surface area contributed by atoms with Crippen LogP contribution in [0.1, 0.15) is 159 Å². The number of aliphatic hydroxyl groups excluding tert-OH is 1. The zero-order valence-electron chi connectivity index (χ0n) is 36.8. The van der Waals surface area contributed by atoms with Crippen LogP contribution in [0.3, 0.4) is 0 Å².